The average Bonchev–Trinajstić information content (AvgIpc) is 3.57. The molecule has 0 N–H and O–H groups in total. The van der Waals surface area contributed by atoms with Gasteiger partial charge in [0.25, 0.3) is 0 Å². The van der Waals surface area contributed by atoms with Crippen LogP contribution in [0.2, 0.25) is 0 Å². The third kappa shape index (κ3) is 5.52. The Balaban J connectivity index is 0.957. The number of unbranched alkanes of at least 4 members (excludes halogenated alkanes) is 6. The topological polar surface area (TPSA) is 0 Å². The molecule has 0 amide bonds. The van der Waals surface area contributed by atoms with Crippen LogP contribution in [0.3, 0.4) is 0 Å². The van der Waals surface area contributed by atoms with Crippen molar-refractivity contribution < 1.29 is 0 Å². The van der Waals surface area contributed by atoms with Crippen LogP contribution >= 0.6 is 22.7 Å². The van der Waals surface area contributed by atoms with Gasteiger partial charge < -0.3 is 0 Å². The van der Waals surface area contributed by atoms with Crippen LogP contribution in [0.4, 0.5) is 0 Å². The monoisotopic (exact) mass is 578 g/mol. The zero-order valence-electron chi connectivity index (χ0n) is 25.2. The summed E-state index contributed by atoms with van der Waals surface area (Å²) in [6.07, 6.45) is 21.2. The summed E-state index contributed by atoms with van der Waals surface area (Å²) in [5, 5.41) is 0. The van der Waals surface area contributed by atoms with E-state index in [1.54, 1.807) is 54.3 Å². The number of hydrogen-bond donors (Lipinski definition) is 0. The fourth-order valence-corrected chi connectivity index (χ4v) is 10.3. The van der Waals surface area contributed by atoms with Crippen LogP contribution in [-0.2, 0) is 43.9 Å². The SMILES string of the molecule is Cc1cc2c(s1)-c1sc(C)cc1C2(CCCCCCc1ccc2c(c1)CC2)CCCCCCc1ccc2c(c1)CC2. The Bertz CT molecular complexity index is 1410. The summed E-state index contributed by atoms with van der Waals surface area (Å²) in [4.78, 5) is 6.20. The first kappa shape index (κ1) is 27.7. The van der Waals surface area contributed by atoms with E-state index in [9.17, 15) is 0 Å². The number of aryl methyl sites for hydroxylation is 8. The molecule has 2 aromatic carbocycles. The molecule has 0 fully saturated rings. The van der Waals surface area contributed by atoms with Gasteiger partial charge in [-0.05, 0) is 135 Å². The summed E-state index contributed by atoms with van der Waals surface area (Å²) < 4.78 is 0. The highest BCUT2D eigenvalue weighted by Crippen LogP contribution is 2.59. The first-order valence-corrected chi connectivity index (χ1v) is 18.2. The Morgan fingerprint density at radius 3 is 1.37 bits per heavy atom. The summed E-state index contributed by atoms with van der Waals surface area (Å²) in [5.41, 5.74) is 13.2. The summed E-state index contributed by atoms with van der Waals surface area (Å²) in [7, 11) is 0. The third-order valence-corrected chi connectivity index (χ3v) is 12.7. The van der Waals surface area contributed by atoms with Gasteiger partial charge in [-0.3, -0.25) is 0 Å². The molecule has 2 aromatic heterocycles. The highest BCUT2D eigenvalue weighted by molar-refractivity contribution is 7.22. The maximum atomic E-state index is 2.57. The van der Waals surface area contributed by atoms with Crippen LogP contribution in [0.5, 0.6) is 0 Å². The molecule has 0 bridgehead atoms. The highest BCUT2D eigenvalue weighted by Gasteiger charge is 2.44. The smallest absolute Gasteiger partial charge is 0.0489 e. The van der Waals surface area contributed by atoms with E-state index in [2.05, 4.69) is 62.4 Å². The molecule has 7 rings (SSSR count). The minimum atomic E-state index is 0.254. The molecular weight excluding hydrogens is 533 g/mol. The van der Waals surface area contributed by atoms with Crippen molar-refractivity contribution >= 4 is 22.7 Å². The summed E-state index contributed by atoms with van der Waals surface area (Å²) in [6, 6.07) is 19.6. The average molecular weight is 579 g/mol. The van der Waals surface area contributed by atoms with E-state index in [1.807, 2.05) is 22.7 Å². The molecule has 2 heteroatoms. The van der Waals surface area contributed by atoms with Gasteiger partial charge in [-0.15, -0.1) is 22.7 Å². The van der Waals surface area contributed by atoms with E-state index in [0.717, 1.165) is 0 Å². The molecule has 41 heavy (non-hydrogen) atoms. The molecule has 214 valence electrons. The lowest BCUT2D eigenvalue weighted by Crippen LogP contribution is -2.25. The fraction of sp³-hybridized carbons (Fsp3) is 0.487. The molecule has 3 aliphatic rings. The molecule has 0 aliphatic heterocycles. The zero-order chi connectivity index (χ0) is 27.8. The molecule has 3 aliphatic carbocycles. The molecule has 0 saturated carbocycles. The maximum Gasteiger partial charge on any atom is 0.0489 e. The van der Waals surface area contributed by atoms with Gasteiger partial charge in [0.15, 0.2) is 0 Å². The van der Waals surface area contributed by atoms with E-state index in [0.29, 0.717) is 0 Å². The molecule has 0 unspecified atom stereocenters. The molecule has 0 nitrogen and oxygen atoms in total. The van der Waals surface area contributed by atoms with E-state index in [-0.39, 0.29) is 5.41 Å². The van der Waals surface area contributed by atoms with Crippen molar-refractivity contribution in [3.63, 3.8) is 0 Å². The lowest BCUT2D eigenvalue weighted by Gasteiger charge is -2.31. The summed E-state index contributed by atoms with van der Waals surface area (Å²) in [6.45, 7) is 4.64. The van der Waals surface area contributed by atoms with Gasteiger partial charge in [0.1, 0.15) is 0 Å². The van der Waals surface area contributed by atoms with Crippen LogP contribution in [0.15, 0.2) is 48.5 Å². The molecule has 2 heterocycles. The second-order valence-corrected chi connectivity index (χ2v) is 15.8. The van der Waals surface area contributed by atoms with Crippen LogP contribution < -0.4 is 0 Å². The number of thiophene rings is 2. The highest BCUT2D eigenvalue weighted by atomic mass is 32.1. The first-order valence-electron chi connectivity index (χ1n) is 16.5. The second-order valence-electron chi connectivity index (χ2n) is 13.3. The van der Waals surface area contributed by atoms with Crippen molar-refractivity contribution in [2.75, 3.05) is 0 Å². The fourth-order valence-electron chi connectivity index (χ4n) is 7.91. The van der Waals surface area contributed by atoms with Crippen molar-refractivity contribution in [2.45, 2.75) is 122 Å². The van der Waals surface area contributed by atoms with Crippen molar-refractivity contribution in [2.24, 2.45) is 0 Å². The normalized spacial score (nSPS) is 15.6. The Morgan fingerprint density at radius 2 is 0.951 bits per heavy atom. The summed E-state index contributed by atoms with van der Waals surface area (Å²) >= 11 is 4.10. The van der Waals surface area contributed by atoms with Crippen molar-refractivity contribution in [1.82, 2.24) is 0 Å². The van der Waals surface area contributed by atoms with Gasteiger partial charge in [-0.25, -0.2) is 0 Å². The number of hydrogen-bond acceptors (Lipinski definition) is 2. The van der Waals surface area contributed by atoms with Gasteiger partial charge in [0.2, 0.25) is 0 Å². The van der Waals surface area contributed by atoms with E-state index >= 15 is 0 Å². The minimum Gasteiger partial charge on any atom is -0.139 e. The van der Waals surface area contributed by atoms with Crippen LogP contribution in [-0.4, -0.2) is 0 Å². The minimum absolute atomic E-state index is 0.254. The predicted octanol–water partition coefficient (Wildman–Crippen LogP) is 11.3. The van der Waals surface area contributed by atoms with Crippen molar-refractivity contribution in [3.8, 4) is 9.75 Å². The van der Waals surface area contributed by atoms with Crippen LogP contribution in [0.25, 0.3) is 9.75 Å². The zero-order valence-corrected chi connectivity index (χ0v) is 26.9. The second kappa shape index (κ2) is 11.8. The lowest BCUT2D eigenvalue weighted by atomic mass is 9.71. The predicted molar refractivity (Wildman–Crippen MR) is 179 cm³/mol. The lowest BCUT2D eigenvalue weighted by molar-refractivity contribution is 0.400. The first-order chi connectivity index (χ1) is 20.1. The largest absolute Gasteiger partial charge is 0.139 e. The Kier molecular flexibility index (Phi) is 7.99. The van der Waals surface area contributed by atoms with E-state index in [1.165, 1.54) is 112 Å². The van der Waals surface area contributed by atoms with Gasteiger partial charge >= 0.3 is 0 Å². The van der Waals surface area contributed by atoms with E-state index in [4.69, 9.17) is 0 Å². The molecule has 0 saturated heterocycles. The molecular formula is C39H46S2. The van der Waals surface area contributed by atoms with Crippen molar-refractivity contribution in [1.29, 1.82) is 0 Å². The Hall–Kier alpha value is -2.16. The Morgan fingerprint density at radius 1 is 0.512 bits per heavy atom. The standard InChI is InChI=1S/C39H46S2/c1-27-23-35-37(40-27)38-36(24-28(2)41-38)39(35,21-9-5-3-7-11-29-13-15-31-17-19-33(31)25-29)22-10-6-4-8-12-30-14-16-32-18-20-34(32)26-30/h13-16,23-26H,3-12,17-22H2,1-2H3. The van der Waals surface area contributed by atoms with Crippen LogP contribution in [0.1, 0.15) is 118 Å². The van der Waals surface area contributed by atoms with Crippen LogP contribution in [0, 0.1) is 13.8 Å². The quantitative estimate of drug-likeness (QED) is 0.131. The molecule has 0 radical (unpaired) electrons. The maximum absolute atomic E-state index is 2.57. The third-order valence-electron chi connectivity index (χ3n) is 10.5. The summed E-state index contributed by atoms with van der Waals surface area (Å²) in [5.74, 6) is 0. The Labute approximate surface area is 256 Å². The van der Waals surface area contributed by atoms with Gasteiger partial charge in [-0.2, -0.15) is 0 Å². The molecule has 4 aromatic rings. The number of fused-ring (bicyclic) bond motifs is 5. The molecule has 0 spiro atoms. The molecule has 0 atom stereocenters. The number of benzene rings is 2. The van der Waals surface area contributed by atoms with Crippen molar-refractivity contribution in [3.05, 3.63) is 103 Å². The van der Waals surface area contributed by atoms with Gasteiger partial charge in [-0.1, -0.05) is 74.9 Å². The van der Waals surface area contributed by atoms with Gasteiger partial charge in [0.05, 0.1) is 0 Å². The van der Waals surface area contributed by atoms with Gasteiger partial charge in [0, 0.05) is 24.9 Å². The number of rotatable bonds is 14. The van der Waals surface area contributed by atoms with E-state index < -0.39 is 0 Å².